The van der Waals surface area contributed by atoms with E-state index in [9.17, 15) is 4.79 Å². The van der Waals surface area contributed by atoms with Crippen LogP contribution in [0.25, 0.3) is 0 Å². The maximum Gasteiger partial charge on any atom is 0.410 e. The maximum atomic E-state index is 12.6. The van der Waals surface area contributed by atoms with Gasteiger partial charge in [0.05, 0.1) is 17.3 Å². The van der Waals surface area contributed by atoms with E-state index in [0.29, 0.717) is 31.3 Å². The number of hydrogen-bond donors (Lipinski definition) is 0. The fourth-order valence-electron chi connectivity index (χ4n) is 3.37. The van der Waals surface area contributed by atoms with Gasteiger partial charge in [-0.05, 0) is 62.3 Å². The van der Waals surface area contributed by atoms with Gasteiger partial charge in [-0.25, -0.2) is 4.79 Å². The highest BCUT2D eigenvalue weighted by Crippen LogP contribution is 2.36. The van der Waals surface area contributed by atoms with Crippen molar-refractivity contribution in [3.63, 3.8) is 0 Å². The molecule has 0 saturated heterocycles. The highest BCUT2D eigenvalue weighted by Gasteiger charge is 2.25. The molecule has 2 aromatic rings. The first kappa shape index (κ1) is 25.6. The van der Waals surface area contributed by atoms with Crippen molar-refractivity contribution in [1.29, 1.82) is 0 Å². The molecule has 1 aromatic heterocycles. The predicted molar refractivity (Wildman–Crippen MR) is 133 cm³/mol. The first-order valence-corrected chi connectivity index (χ1v) is 12.6. The lowest BCUT2D eigenvalue weighted by Gasteiger charge is -2.26. The number of carbonyl (C=O) groups excluding carboxylic acids is 1. The largest absolute Gasteiger partial charge is 0.476 e. The van der Waals surface area contributed by atoms with Gasteiger partial charge in [-0.2, -0.15) is 5.10 Å². The zero-order valence-electron chi connectivity index (χ0n) is 20.4. The van der Waals surface area contributed by atoms with E-state index in [1.807, 2.05) is 39.0 Å². The summed E-state index contributed by atoms with van der Waals surface area (Å²) in [7, 11) is 0. The van der Waals surface area contributed by atoms with E-state index in [2.05, 4.69) is 37.0 Å². The van der Waals surface area contributed by atoms with Crippen LogP contribution in [0.4, 0.5) is 4.79 Å². The quantitative estimate of drug-likeness (QED) is 0.465. The lowest BCUT2D eigenvalue weighted by Crippen LogP contribution is -2.38. The van der Waals surface area contributed by atoms with Crippen molar-refractivity contribution in [2.45, 2.75) is 70.6 Å². The van der Waals surface area contributed by atoms with Crippen LogP contribution in [0.15, 0.2) is 29.2 Å². The van der Waals surface area contributed by atoms with E-state index in [1.54, 1.807) is 16.7 Å². The number of carbonyl (C=O) groups is 1. The second-order valence-electron chi connectivity index (χ2n) is 10.5. The van der Waals surface area contributed by atoms with Crippen molar-refractivity contribution in [1.82, 2.24) is 15.1 Å². The van der Waals surface area contributed by atoms with E-state index >= 15 is 0 Å². The SMILES string of the molecule is CC(C)(C)COc1ccc(CSc2c(Cl)ccc3c2CCN(C(=O)OC(C)(C)C)CC3)nn1. The van der Waals surface area contributed by atoms with Gasteiger partial charge in [0.25, 0.3) is 0 Å². The van der Waals surface area contributed by atoms with Gasteiger partial charge in [0.2, 0.25) is 5.88 Å². The summed E-state index contributed by atoms with van der Waals surface area (Å²) in [6.45, 7) is 13.8. The van der Waals surface area contributed by atoms with E-state index in [-0.39, 0.29) is 11.5 Å². The molecule has 1 aromatic carbocycles. The van der Waals surface area contributed by atoms with Crippen LogP contribution in [-0.2, 0) is 23.3 Å². The van der Waals surface area contributed by atoms with Crippen LogP contribution in [-0.4, -0.2) is 46.5 Å². The van der Waals surface area contributed by atoms with Gasteiger partial charge < -0.3 is 14.4 Å². The van der Waals surface area contributed by atoms with Gasteiger partial charge >= 0.3 is 6.09 Å². The molecule has 180 valence electrons. The minimum absolute atomic E-state index is 0.0666. The molecule has 3 rings (SSSR count). The number of hydrogen-bond acceptors (Lipinski definition) is 6. The second kappa shape index (κ2) is 10.5. The van der Waals surface area contributed by atoms with Crippen molar-refractivity contribution in [3.05, 3.63) is 46.1 Å². The summed E-state index contributed by atoms with van der Waals surface area (Å²) in [6, 6.07) is 7.82. The number of fused-ring (bicyclic) bond motifs is 1. The third-order valence-corrected chi connectivity index (χ3v) is 6.58. The molecular weight excluding hydrogens is 458 g/mol. The first-order chi connectivity index (χ1) is 15.4. The zero-order chi connectivity index (χ0) is 24.2. The summed E-state index contributed by atoms with van der Waals surface area (Å²) in [5.41, 5.74) is 2.86. The minimum atomic E-state index is -0.505. The number of nitrogens with zero attached hydrogens (tertiary/aromatic N) is 3. The van der Waals surface area contributed by atoms with Crippen molar-refractivity contribution in [2.75, 3.05) is 19.7 Å². The topological polar surface area (TPSA) is 64.5 Å². The highest BCUT2D eigenvalue weighted by molar-refractivity contribution is 7.98. The molecule has 0 bridgehead atoms. The fourth-order valence-corrected chi connectivity index (χ4v) is 4.77. The standard InChI is InChI=1S/C25H34ClN3O3S/c1-24(2,3)16-31-21-10-8-18(27-28-21)15-33-22-19-12-14-29(23(30)32-25(4,5)6)13-11-17(19)7-9-20(22)26/h7-10H,11-16H2,1-6H3. The van der Waals surface area contributed by atoms with Crippen LogP contribution in [0.5, 0.6) is 5.88 Å². The molecule has 0 aliphatic carbocycles. The Labute approximate surface area is 206 Å². The summed E-state index contributed by atoms with van der Waals surface area (Å²) >= 11 is 8.25. The zero-order valence-corrected chi connectivity index (χ0v) is 22.0. The summed E-state index contributed by atoms with van der Waals surface area (Å²) in [5, 5.41) is 9.24. The van der Waals surface area contributed by atoms with E-state index in [4.69, 9.17) is 21.1 Å². The van der Waals surface area contributed by atoms with Gasteiger partial charge in [0.15, 0.2) is 0 Å². The molecule has 0 atom stereocenters. The molecule has 6 nitrogen and oxygen atoms in total. The number of halogens is 1. The molecular formula is C25H34ClN3O3S. The Hall–Kier alpha value is -1.99. The number of benzene rings is 1. The van der Waals surface area contributed by atoms with Crippen molar-refractivity contribution >= 4 is 29.5 Å². The van der Waals surface area contributed by atoms with E-state index < -0.39 is 5.60 Å². The van der Waals surface area contributed by atoms with Crippen LogP contribution in [0.3, 0.4) is 0 Å². The summed E-state index contributed by atoms with van der Waals surface area (Å²) in [5.74, 6) is 1.19. The average molecular weight is 492 g/mol. The van der Waals surface area contributed by atoms with Crippen LogP contribution in [0, 0.1) is 5.41 Å². The summed E-state index contributed by atoms with van der Waals surface area (Å²) < 4.78 is 11.3. The molecule has 0 spiro atoms. The molecule has 0 saturated carbocycles. The molecule has 0 fully saturated rings. The Bertz CT molecular complexity index is 969. The Morgan fingerprint density at radius 1 is 1.06 bits per heavy atom. The molecule has 0 N–H and O–H groups in total. The van der Waals surface area contributed by atoms with Crippen molar-refractivity contribution < 1.29 is 14.3 Å². The van der Waals surface area contributed by atoms with E-state index in [0.717, 1.165) is 28.5 Å². The Morgan fingerprint density at radius 2 is 1.79 bits per heavy atom. The van der Waals surface area contributed by atoms with Crippen LogP contribution >= 0.6 is 23.4 Å². The number of rotatable bonds is 5. The van der Waals surface area contributed by atoms with Gasteiger partial charge in [-0.15, -0.1) is 16.9 Å². The van der Waals surface area contributed by atoms with E-state index in [1.165, 1.54) is 11.1 Å². The maximum absolute atomic E-state index is 12.6. The van der Waals surface area contributed by atoms with Crippen molar-refractivity contribution in [2.24, 2.45) is 5.41 Å². The predicted octanol–water partition coefficient (Wildman–Crippen LogP) is 6.18. The lowest BCUT2D eigenvalue weighted by atomic mass is 9.99. The monoisotopic (exact) mass is 491 g/mol. The van der Waals surface area contributed by atoms with Gasteiger partial charge in [0.1, 0.15) is 5.60 Å². The third-order valence-electron chi connectivity index (χ3n) is 4.96. The smallest absolute Gasteiger partial charge is 0.410 e. The Balaban J connectivity index is 1.66. The molecule has 0 radical (unpaired) electrons. The van der Waals surface area contributed by atoms with Gasteiger partial charge in [-0.1, -0.05) is 38.4 Å². The molecule has 0 unspecified atom stereocenters. The van der Waals surface area contributed by atoms with Crippen LogP contribution in [0.1, 0.15) is 58.4 Å². The highest BCUT2D eigenvalue weighted by atomic mass is 35.5. The second-order valence-corrected chi connectivity index (χ2v) is 11.9. The minimum Gasteiger partial charge on any atom is -0.476 e. The number of amides is 1. The van der Waals surface area contributed by atoms with Gasteiger partial charge in [0, 0.05) is 29.8 Å². The summed E-state index contributed by atoms with van der Waals surface area (Å²) in [4.78, 5) is 15.4. The molecule has 1 aliphatic rings. The van der Waals surface area contributed by atoms with Gasteiger partial charge in [-0.3, -0.25) is 0 Å². The lowest BCUT2D eigenvalue weighted by molar-refractivity contribution is 0.0258. The summed E-state index contributed by atoms with van der Waals surface area (Å²) in [6.07, 6.45) is 1.25. The number of ether oxygens (including phenoxy) is 2. The number of thioether (sulfide) groups is 1. The molecule has 33 heavy (non-hydrogen) atoms. The van der Waals surface area contributed by atoms with Crippen molar-refractivity contribution in [3.8, 4) is 5.88 Å². The molecule has 1 aliphatic heterocycles. The Kier molecular flexibility index (Phi) is 8.17. The van der Waals surface area contributed by atoms with Crippen LogP contribution < -0.4 is 4.74 Å². The third kappa shape index (κ3) is 7.78. The Morgan fingerprint density at radius 3 is 2.42 bits per heavy atom. The molecule has 1 amide bonds. The average Bonchev–Trinajstić information content (AvgIpc) is 2.93. The molecule has 2 heterocycles. The fraction of sp³-hybridized carbons (Fsp3) is 0.560. The first-order valence-electron chi connectivity index (χ1n) is 11.3. The number of aromatic nitrogens is 2. The molecule has 8 heteroatoms. The normalized spacial score (nSPS) is 14.5. The van der Waals surface area contributed by atoms with Crippen LogP contribution in [0.2, 0.25) is 5.02 Å².